The Hall–Kier alpha value is -0.453. The summed E-state index contributed by atoms with van der Waals surface area (Å²) in [6, 6.07) is 0. The molecule has 4 heteroatoms. The molecule has 1 saturated carbocycles. The molecular formula is C19H36O3Si. The zero-order chi connectivity index (χ0) is 18.1. The lowest BCUT2D eigenvalue weighted by Gasteiger charge is -2.36. The van der Waals surface area contributed by atoms with E-state index < -0.39 is 14.4 Å². The molecule has 0 spiro atoms. The first-order valence-electron chi connectivity index (χ1n) is 8.81. The molecule has 0 unspecified atom stereocenters. The fraction of sp³-hybridized carbons (Fsp3) is 0.842. The summed E-state index contributed by atoms with van der Waals surface area (Å²) < 4.78 is 6.09. The third kappa shape index (κ3) is 5.01. The molecule has 0 aromatic heterocycles. The van der Waals surface area contributed by atoms with E-state index in [0.29, 0.717) is 18.9 Å². The SMILES string of the molecule is C=C[C@H]1[C@@H]([C@H](O)CC(=O)CCCO[Si](C)(C)C(C)(C)C)C1(C)C. The summed E-state index contributed by atoms with van der Waals surface area (Å²) in [4.78, 5) is 12.1. The highest BCUT2D eigenvalue weighted by atomic mass is 28.4. The summed E-state index contributed by atoms with van der Waals surface area (Å²) >= 11 is 0. The fourth-order valence-electron chi connectivity index (χ4n) is 3.18. The number of allylic oxidation sites excluding steroid dienone is 1. The van der Waals surface area contributed by atoms with E-state index in [1.54, 1.807) is 0 Å². The topological polar surface area (TPSA) is 46.5 Å². The predicted octanol–water partition coefficient (Wildman–Crippen LogP) is 4.57. The highest BCUT2D eigenvalue weighted by molar-refractivity contribution is 6.74. The first kappa shape index (κ1) is 20.6. The van der Waals surface area contributed by atoms with E-state index in [2.05, 4.69) is 54.3 Å². The average Bonchev–Trinajstić information content (AvgIpc) is 2.95. The number of carbonyl (C=O) groups excluding carboxylic acids is 1. The maximum absolute atomic E-state index is 12.1. The van der Waals surface area contributed by atoms with E-state index in [4.69, 9.17) is 4.43 Å². The number of Topliss-reactive ketones (excluding diaryl/α,β-unsaturated/α-hetero) is 1. The molecule has 1 fully saturated rings. The summed E-state index contributed by atoms with van der Waals surface area (Å²) in [5.74, 6) is 0.640. The van der Waals surface area contributed by atoms with Gasteiger partial charge in [-0.25, -0.2) is 0 Å². The van der Waals surface area contributed by atoms with Crippen LogP contribution in [0.1, 0.15) is 53.9 Å². The Bertz CT molecular complexity index is 434. The van der Waals surface area contributed by atoms with E-state index in [1.807, 2.05) is 6.08 Å². The lowest BCUT2D eigenvalue weighted by atomic mass is 10.0. The van der Waals surface area contributed by atoms with Crippen molar-refractivity contribution in [1.29, 1.82) is 0 Å². The second kappa shape index (κ2) is 7.20. The van der Waals surface area contributed by atoms with Crippen LogP contribution in [0.25, 0.3) is 0 Å². The van der Waals surface area contributed by atoms with Gasteiger partial charge in [-0.2, -0.15) is 0 Å². The molecule has 3 atom stereocenters. The van der Waals surface area contributed by atoms with E-state index in [1.165, 1.54) is 0 Å². The zero-order valence-electron chi connectivity index (χ0n) is 16.1. The normalized spacial score (nSPS) is 25.0. The van der Waals surface area contributed by atoms with E-state index in [0.717, 1.165) is 6.42 Å². The van der Waals surface area contributed by atoms with Gasteiger partial charge in [0.25, 0.3) is 0 Å². The molecule has 0 aromatic rings. The Kier molecular flexibility index (Phi) is 6.45. The van der Waals surface area contributed by atoms with Crippen molar-refractivity contribution in [2.45, 2.75) is 78.1 Å². The number of aliphatic hydroxyl groups excluding tert-OH is 1. The van der Waals surface area contributed by atoms with Crippen molar-refractivity contribution in [2.75, 3.05) is 6.61 Å². The number of aliphatic hydroxyl groups is 1. The molecule has 3 nitrogen and oxygen atoms in total. The van der Waals surface area contributed by atoms with Crippen molar-refractivity contribution < 1.29 is 14.3 Å². The summed E-state index contributed by atoms with van der Waals surface area (Å²) in [5, 5.41) is 10.5. The minimum Gasteiger partial charge on any atom is -0.417 e. The highest BCUT2D eigenvalue weighted by Crippen LogP contribution is 2.60. The van der Waals surface area contributed by atoms with Crippen LogP contribution in [-0.2, 0) is 9.22 Å². The Morgan fingerprint density at radius 1 is 1.39 bits per heavy atom. The van der Waals surface area contributed by atoms with E-state index in [-0.39, 0.29) is 28.6 Å². The lowest BCUT2D eigenvalue weighted by Crippen LogP contribution is -2.41. The Morgan fingerprint density at radius 3 is 2.39 bits per heavy atom. The molecule has 0 aromatic carbocycles. The van der Waals surface area contributed by atoms with Crippen molar-refractivity contribution in [3.63, 3.8) is 0 Å². The molecule has 0 heterocycles. The van der Waals surface area contributed by atoms with Crippen LogP contribution in [0.3, 0.4) is 0 Å². The molecule has 1 aliphatic carbocycles. The van der Waals surface area contributed by atoms with E-state index in [9.17, 15) is 9.90 Å². The van der Waals surface area contributed by atoms with Crippen LogP contribution in [0.5, 0.6) is 0 Å². The van der Waals surface area contributed by atoms with Gasteiger partial charge < -0.3 is 9.53 Å². The van der Waals surface area contributed by atoms with Gasteiger partial charge in [-0.1, -0.05) is 40.7 Å². The number of hydrogen-bond acceptors (Lipinski definition) is 3. The van der Waals surface area contributed by atoms with Crippen LogP contribution in [-0.4, -0.2) is 31.9 Å². The Morgan fingerprint density at radius 2 is 1.96 bits per heavy atom. The first-order valence-corrected chi connectivity index (χ1v) is 11.7. The van der Waals surface area contributed by atoms with Crippen LogP contribution in [0.2, 0.25) is 18.1 Å². The average molecular weight is 341 g/mol. The molecule has 134 valence electrons. The van der Waals surface area contributed by atoms with Crippen molar-refractivity contribution in [3.05, 3.63) is 12.7 Å². The summed E-state index contributed by atoms with van der Waals surface area (Å²) in [7, 11) is -1.72. The fourth-order valence-corrected chi connectivity index (χ4v) is 4.27. The smallest absolute Gasteiger partial charge is 0.191 e. The van der Waals surface area contributed by atoms with Gasteiger partial charge >= 0.3 is 0 Å². The van der Waals surface area contributed by atoms with E-state index >= 15 is 0 Å². The van der Waals surface area contributed by atoms with Gasteiger partial charge in [-0.3, -0.25) is 4.79 Å². The van der Waals surface area contributed by atoms with Crippen LogP contribution in [0.4, 0.5) is 0 Å². The Labute approximate surface area is 143 Å². The quantitative estimate of drug-likeness (QED) is 0.380. The summed E-state index contributed by atoms with van der Waals surface area (Å²) in [5.41, 5.74) is 0.0763. The van der Waals surface area contributed by atoms with Gasteiger partial charge in [0, 0.05) is 19.4 Å². The molecule has 1 rings (SSSR count). The van der Waals surface area contributed by atoms with Crippen LogP contribution in [0, 0.1) is 17.3 Å². The molecule has 1 aliphatic rings. The lowest BCUT2D eigenvalue weighted by molar-refractivity contribution is -0.121. The third-order valence-corrected chi connectivity index (χ3v) is 10.5. The van der Waals surface area contributed by atoms with Gasteiger partial charge in [-0.15, -0.1) is 6.58 Å². The minimum absolute atomic E-state index is 0.0763. The second-order valence-electron chi connectivity index (χ2n) is 9.13. The van der Waals surface area contributed by atoms with Crippen molar-refractivity contribution in [1.82, 2.24) is 0 Å². The number of ketones is 1. The summed E-state index contributed by atoms with van der Waals surface area (Å²) in [6.07, 6.45) is 2.88. The summed E-state index contributed by atoms with van der Waals surface area (Å²) in [6.45, 7) is 19.8. The van der Waals surface area contributed by atoms with Gasteiger partial charge in [0.1, 0.15) is 5.78 Å². The molecule has 0 amide bonds. The maximum atomic E-state index is 12.1. The monoisotopic (exact) mass is 340 g/mol. The molecule has 23 heavy (non-hydrogen) atoms. The largest absolute Gasteiger partial charge is 0.417 e. The number of rotatable bonds is 9. The molecule has 0 bridgehead atoms. The standard InChI is InChI=1S/C19H36O3Si/c1-9-15-17(19(15,5)6)16(21)13-14(20)11-10-12-22-23(7,8)18(2,3)4/h9,15-17,21H,1,10-13H2,2-8H3/t15-,16+,17-/m0/s1. The first-order chi connectivity index (χ1) is 10.3. The zero-order valence-corrected chi connectivity index (χ0v) is 17.1. The van der Waals surface area contributed by atoms with Gasteiger partial charge in [0.05, 0.1) is 6.10 Å². The van der Waals surface area contributed by atoms with Crippen molar-refractivity contribution >= 4 is 14.1 Å². The highest BCUT2D eigenvalue weighted by Gasteiger charge is 2.58. The predicted molar refractivity (Wildman–Crippen MR) is 99.0 cm³/mol. The van der Waals surface area contributed by atoms with Gasteiger partial charge in [-0.05, 0) is 41.8 Å². The maximum Gasteiger partial charge on any atom is 0.191 e. The molecule has 0 saturated heterocycles. The van der Waals surface area contributed by atoms with Gasteiger partial charge in [0.15, 0.2) is 8.32 Å². The van der Waals surface area contributed by atoms with Crippen molar-refractivity contribution in [3.8, 4) is 0 Å². The van der Waals surface area contributed by atoms with Crippen molar-refractivity contribution in [2.24, 2.45) is 17.3 Å². The number of hydrogen-bond donors (Lipinski definition) is 1. The Balaban J connectivity index is 2.30. The van der Waals surface area contributed by atoms with Crippen LogP contribution < -0.4 is 0 Å². The second-order valence-corrected chi connectivity index (χ2v) is 13.9. The molecule has 0 aliphatic heterocycles. The minimum atomic E-state index is -1.72. The molecule has 1 N–H and O–H groups in total. The molecule has 0 radical (unpaired) electrons. The van der Waals surface area contributed by atoms with Crippen LogP contribution in [0.15, 0.2) is 12.7 Å². The van der Waals surface area contributed by atoms with Gasteiger partial charge in [0.2, 0.25) is 0 Å². The molecular weight excluding hydrogens is 304 g/mol. The number of carbonyl (C=O) groups is 1. The third-order valence-electron chi connectivity index (χ3n) is 5.97. The van der Waals surface area contributed by atoms with Crippen LogP contribution >= 0.6 is 0 Å².